The Morgan fingerprint density at radius 3 is 2.67 bits per heavy atom. The third-order valence-electron chi connectivity index (χ3n) is 1.51. The molecule has 62 valence electrons. The highest BCUT2D eigenvalue weighted by atomic mass is 32.1. The normalized spacial score (nSPS) is 11.8. The van der Waals surface area contributed by atoms with Crippen molar-refractivity contribution in [3.8, 4) is 0 Å². The largest absolute Gasteiger partial charge is 0.386 e. The number of isothiocyanates is 1. The Morgan fingerprint density at radius 1 is 1.42 bits per heavy atom. The van der Waals surface area contributed by atoms with Gasteiger partial charge in [-0.05, 0) is 17.8 Å². The van der Waals surface area contributed by atoms with E-state index in [1.54, 1.807) is 0 Å². The summed E-state index contributed by atoms with van der Waals surface area (Å²) < 4.78 is 0. The minimum Gasteiger partial charge on any atom is -0.386 e. The average molecular weight is 179 g/mol. The van der Waals surface area contributed by atoms with E-state index < -0.39 is 6.10 Å². The fourth-order valence-corrected chi connectivity index (χ4v) is 0.979. The van der Waals surface area contributed by atoms with Crippen molar-refractivity contribution in [3.05, 3.63) is 35.9 Å². The summed E-state index contributed by atoms with van der Waals surface area (Å²) in [4.78, 5) is 3.66. The molecule has 1 rings (SSSR count). The van der Waals surface area contributed by atoms with Crippen LogP contribution in [0.3, 0.4) is 0 Å². The Morgan fingerprint density at radius 2 is 2.08 bits per heavy atom. The van der Waals surface area contributed by atoms with Crippen molar-refractivity contribution in [1.82, 2.24) is 0 Å². The van der Waals surface area contributed by atoms with Crippen LogP contribution in [0.5, 0.6) is 0 Å². The Hall–Kier alpha value is -1.02. The van der Waals surface area contributed by atoms with Crippen LogP contribution < -0.4 is 0 Å². The number of thiocarbonyl (C=S) groups is 1. The summed E-state index contributed by atoms with van der Waals surface area (Å²) >= 11 is 4.39. The first-order valence-electron chi connectivity index (χ1n) is 3.61. The molecular weight excluding hydrogens is 170 g/mol. The van der Waals surface area contributed by atoms with E-state index in [-0.39, 0.29) is 6.54 Å². The van der Waals surface area contributed by atoms with Gasteiger partial charge in [0.25, 0.3) is 0 Å². The van der Waals surface area contributed by atoms with E-state index >= 15 is 0 Å². The average Bonchev–Trinajstić information content (AvgIpc) is 2.15. The second kappa shape index (κ2) is 4.78. The van der Waals surface area contributed by atoms with Crippen LogP contribution in [0.4, 0.5) is 0 Å². The lowest BCUT2D eigenvalue weighted by Gasteiger charge is -2.05. The Kier molecular flexibility index (Phi) is 3.61. The molecule has 1 aromatic carbocycles. The van der Waals surface area contributed by atoms with Crippen LogP contribution in [0.2, 0.25) is 0 Å². The number of hydrogen-bond acceptors (Lipinski definition) is 3. The van der Waals surface area contributed by atoms with Gasteiger partial charge in [-0.2, -0.15) is 0 Å². The van der Waals surface area contributed by atoms with E-state index in [0.717, 1.165) is 5.56 Å². The Labute approximate surface area is 76.6 Å². The van der Waals surface area contributed by atoms with Gasteiger partial charge in [0.2, 0.25) is 0 Å². The zero-order chi connectivity index (χ0) is 8.81. The van der Waals surface area contributed by atoms with Gasteiger partial charge in [-0.3, -0.25) is 0 Å². The lowest BCUT2D eigenvalue weighted by molar-refractivity contribution is 0.187. The molecular formula is C9H9NOS. The van der Waals surface area contributed by atoms with Crippen molar-refractivity contribution >= 4 is 17.4 Å². The number of aliphatic imine (C=N–C) groups is 1. The van der Waals surface area contributed by atoms with E-state index in [1.165, 1.54) is 0 Å². The molecule has 0 amide bonds. The lowest BCUT2D eigenvalue weighted by atomic mass is 10.1. The molecule has 0 aliphatic heterocycles. The lowest BCUT2D eigenvalue weighted by Crippen LogP contribution is -2.00. The van der Waals surface area contributed by atoms with Crippen molar-refractivity contribution in [2.75, 3.05) is 6.54 Å². The fourth-order valence-electron chi connectivity index (χ4n) is 0.904. The van der Waals surface area contributed by atoms with Gasteiger partial charge in [0.1, 0.15) is 0 Å². The first-order valence-corrected chi connectivity index (χ1v) is 4.02. The van der Waals surface area contributed by atoms with Crippen LogP contribution in [0.25, 0.3) is 0 Å². The van der Waals surface area contributed by atoms with Gasteiger partial charge in [-0.25, -0.2) is 4.99 Å². The first-order chi connectivity index (χ1) is 5.84. The third-order valence-corrected chi connectivity index (χ3v) is 1.64. The Balaban J connectivity index is 2.65. The molecule has 0 saturated heterocycles. The second-order valence-electron chi connectivity index (χ2n) is 2.36. The van der Waals surface area contributed by atoms with Gasteiger partial charge in [0.05, 0.1) is 17.8 Å². The van der Waals surface area contributed by atoms with E-state index in [1.807, 2.05) is 30.3 Å². The molecule has 0 fully saturated rings. The standard InChI is InChI=1S/C9H9NOS/c11-9(6-10-7-12)8-4-2-1-3-5-8/h1-5,9,11H,6H2/t9-/m0/s1. The molecule has 12 heavy (non-hydrogen) atoms. The molecule has 1 atom stereocenters. The van der Waals surface area contributed by atoms with E-state index in [9.17, 15) is 5.11 Å². The molecule has 0 spiro atoms. The van der Waals surface area contributed by atoms with Crippen molar-refractivity contribution in [2.24, 2.45) is 4.99 Å². The fraction of sp³-hybridized carbons (Fsp3) is 0.222. The maximum atomic E-state index is 9.47. The molecule has 0 bridgehead atoms. The number of benzene rings is 1. The van der Waals surface area contributed by atoms with Gasteiger partial charge in [-0.15, -0.1) is 0 Å². The zero-order valence-electron chi connectivity index (χ0n) is 6.47. The highest BCUT2D eigenvalue weighted by molar-refractivity contribution is 7.78. The van der Waals surface area contributed by atoms with Gasteiger partial charge in [0.15, 0.2) is 0 Å². The number of hydrogen-bond donors (Lipinski definition) is 1. The van der Waals surface area contributed by atoms with E-state index in [2.05, 4.69) is 22.4 Å². The van der Waals surface area contributed by atoms with Crippen LogP contribution in [-0.4, -0.2) is 16.8 Å². The van der Waals surface area contributed by atoms with Crippen molar-refractivity contribution in [2.45, 2.75) is 6.10 Å². The van der Waals surface area contributed by atoms with Crippen molar-refractivity contribution < 1.29 is 5.11 Å². The molecule has 0 heterocycles. The van der Waals surface area contributed by atoms with Crippen molar-refractivity contribution in [1.29, 1.82) is 0 Å². The molecule has 0 aromatic heterocycles. The summed E-state index contributed by atoms with van der Waals surface area (Å²) in [7, 11) is 0. The topological polar surface area (TPSA) is 32.6 Å². The summed E-state index contributed by atoms with van der Waals surface area (Å²) in [6.45, 7) is 0.285. The molecule has 0 saturated carbocycles. The SMILES string of the molecule is O[C@@H](CN=C=S)c1ccccc1. The zero-order valence-corrected chi connectivity index (χ0v) is 7.29. The third kappa shape index (κ3) is 2.55. The van der Waals surface area contributed by atoms with Crippen molar-refractivity contribution in [3.63, 3.8) is 0 Å². The van der Waals surface area contributed by atoms with Gasteiger partial charge in [0, 0.05) is 0 Å². The highest BCUT2D eigenvalue weighted by Crippen LogP contribution is 2.11. The predicted molar refractivity (Wildman–Crippen MR) is 51.3 cm³/mol. The summed E-state index contributed by atoms with van der Waals surface area (Å²) in [5, 5.41) is 11.7. The predicted octanol–water partition coefficient (Wildman–Crippen LogP) is 1.82. The number of nitrogens with zero attached hydrogens (tertiary/aromatic N) is 1. The quantitative estimate of drug-likeness (QED) is 0.567. The number of aliphatic hydroxyl groups excluding tert-OH is 1. The maximum Gasteiger partial charge on any atom is 0.0993 e. The monoisotopic (exact) mass is 179 g/mol. The summed E-state index contributed by atoms with van der Waals surface area (Å²) in [6.07, 6.45) is -0.568. The molecule has 0 aliphatic rings. The number of aliphatic hydroxyl groups is 1. The maximum absolute atomic E-state index is 9.47. The van der Waals surface area contributed by atoms with Crippen LogP contribution >= 0.6 is 12.2 Å². The molecule has 2 nitrogen and oxygen atoms in total. The number of rotatable bonds is 3. The smallest absolute Gasteiger partial charge is 0.0993 e. The molecule has 0 aliphatic carbocycles. The van der Waals surface area contributed by atoms with Gasteiger partial charge < -0.3 is 5.11 Å². The molecule has 0 radical (unpaired) electrons. The molecule has 1 N–H and O–H groups in total. The summed E-state index contributed by atoms with van der Waals surface area (Å²) in [5.74, 6) is 0. The first kappa shape index (κ1) is 9.07. The van der Waals surface area contributed by atoms with Gasteiger partial charge in [-0.1, -0.05) is 30.3 Å². The van der Waals surface area contributed by atoms with E-state index in [4.69, 9.17) is 0 Å². The molecule has 1 aromatic rings. The second-order valence-corrected chi connectivity index (χ2v) is 2.54. The summed E-state index contributed by atoms with van der Waals surface area (Å²) in [6, 6.07) is 9.35. The highest BCUT2D eigenvalue weighted by Gasteiger charge is 2.03. The van der Waals surface area contributed by atoms with Crippen LogP contribution in [0.1, 0.15) is 11.7 Å². The Bertz CT molecular complexity index is 280. The summed E-state index contributed by atoms with van der Waals surface area (Å²) in [5.41, 5.74) is 0.853. The minimum absolute atomic E-state index is 0.285. The van der Waals surface area contributed by atoms with Crippen LogP contribution in [0.15, 0.2) is 35.3 Å². The molecule has 0 unspecified atom stereocenters. The minimum atomic E-state index is -0.568. The van der Waals surface area contributed by atoms with E-state index in [0.29, 0.717) is 0 Å². The van der Waals surface area contributed by atoms with Gasteiger partial charge >= 0.3 is 0 Å². The van der Waals surface area contributed by atoms with Crippen LogP contribution in [-0.2, 0) is 0 Å². The van der Waals surface area contributed by atoms with Crippen LogP contribution in [0, 0.1) is 0 Å². The molecule has 3 heteroatoms.